The lowest BCUT2D eigenvalue weighted by molar-refractivity contribution is 0.0210. The summed E-state index contributed by atoms with van der Waals surface area (Å²) in [5.74, 6) is 2.17. The highest BCUT2D eigenvalue weighted by Crippen LogP contribution is 2.50. The molecular formula is C13H17NO4. The van der Waals surface area contributed by atoms with Gasteiger partial charge in [0.1, 0.15) is 5.75 Å². The third-order valence-electron chi connectivity index (χ3n) is 3.91. The highest BCUT2D eigenvalue weighted by molar-refractivity contribution is 5.55. The Morgan fingerprint density at radius 2 is 2.06 bits per heavy atom. The average molecular weight is 251 g/mol. The van der Waals surface area contributed by atoms with Crippen LogP contribution in [-0.4, -0.2) is 31.7 Å². The highest BCUT2D eigenvalue weighted by atomic mass is 16.7. The molecule has 1 aliphatic heterocycles. The van der Waals surface area contributed by atoms with Gasteiger partial charge in [-0.1, -0.05) is 0 Å². The summed E-state index contributed by atoms with van der Waals surface area (Å²) in [5, 5.41) is 9.58. The number of hydrogen-bond acceptors (Lipinski definition) is 5. The molecule has 0 radical (unpaired) electrons. The Hall–Kier alpha value is -1.46. The number of ether oxygens (including phenoxy) is 3. The largest absolute Gasteiger partial charge is 0.496 e. The molecule has 3 rings (SSSR count). The molecule has 1 aliphatic carbocycles. The number of hydrogen-bond donors (Lipinski definition) is 2. The van der Waals surface area contributed by atoms with Crippen LogP contribution in [0.15, 0.2) is 12.1 Å². The van der Waals surface area contributed by atoms with Crippen LogP contribution in [0, 0.1) is 0 Å². The summed E-state index contributed by atoms with van der Waals surface area (Å²) in [4.78, 5) is 0. The second kappa shape index (κ2) is 4.03. The van der Waals surface area contributed by atoms with Gasteiger partial charge in [0.25, 0.3) is 0 Å². The molecule has 1 aromatic rings. The lowest BCUT2D eigenvalue weighted by atomic mass is 9.62. The monoisotopic (exact) mass is 251 g/mol. The minimum Gasteiger partial charge on any atom is -0.496 e. The summed E-state index contributed by atoms with van der Waals surface area (Å²) >= 11 is 0. The average Bonchev–Trinajstić information content (AvgIpc) is 2.80. The zero-order chi connectivity index (χ0) is 12.8. The van der Waals surface area contributed by atoms with E-state index in [0.29, 0.717) is 25.1 Å². The number of methoxy groups -OCH3 is 1. The third kappa shape index (κ3) is 1.54. The van der Waals surface area contributed by atoms with Crippen LogP contribution in [0.4, 0.5) is 0 Å². The van der Waals surface area contributed by atoms with Gasteiger partial charge in [0.2, 0.25) is 6.79 Å². The molecule has 0 unspecified atom stereocenters. The van der Waals surface area contributed by atoms with Crippen LogP contribution in [-0.2, 0) is 5.41 Å². The van der Waals surface area contributed by atoms with Crippen molar-refractivity contribution < 1.29 is 19.3 Å². The van der Waals surface area contributed by atoms with Gasteiger partial charge in [-0.3, -0.25) is 0 Å². The van der Waals surface area contributed by atoms with Crippen molar-refractivity contribution in [2.75, 3.05) is 20.4 Å². The Morgan fingerprint density at radius 1 is 1.39 bits per heavy atom. The van der Waals surface area contributed by atoms with Crippen molar-refractivity contribution >= 4 is 0 Å². The Kier molecular flexibility index (Phi) is 2.60. The normalized spacial score (nSPS) is 28.9. The first-order valence-electron chi connectivity index (χ1n) is 6.05. The molecule has 0 amide bonds. The summed E-state index contributed by atoms with van der Waals surface area (Å²) in [5.41, 5.74) is 6.69. The molecule has 2 aliphatic rings. The van der Waals surface area contributed by atoms with Crippen molar-refractivity contribution in [2.24, 2.45) is 5.73 Å². The zero-order valence-electron chi connectivity index (χ0n) is 10.3. The predicted octanol–water partition coefficient (Wildman–Crippen LogP) is 0.775. The van der Waals surface area contributed by atoms with Crippen molar-refractivity contribution in [1.29, 1.82) is 0 Å². The summed E-state index contributed by atoms with van der Waals surface area (Å²) < 4.78 is 16.1. The van der Waals surface area contributed by atoms with Crippen molar-refractivity contribution in [2.45, 2.75) is 24.4 Å². The van der Waals surface area contributed by atoms with Crippen LogP contribution >= 0.6 is 0 Å². The summed E-state index contributed by atoms with van der Waals surface area (Å²) in [6, 6.07) is 3.76. The van der Waals surface area contributed by atoms with Crippen LogP contribution in [0.2, 0.25) is 0 Å². The molecule has 5 heteroatoms. The van der Waals surface area contributed by atoms with Crippen molar-refractivity contribution in [3.63, 3.8) is 0 Å². The molecular weight excluding hydrogens is 234 g/mol. The standard InChI is InChI=1S/C13H17NO4/c1-16-10-3-12-11(17-7-18-12)2-9(10)13(6-14)4-8(15)5-13/h2-3,8,15H,4-7,14H2,1H3. The SMILES string of the molecule is COc1cc2c(cc1C1(CN)CC(O)C1)OCO2. The van der Waals surface area contributed by atoms with Gasteiger partial charge in [0.15, 0.2) is 11.5 Å². The first-order valence-corrected chi connectivity index (χ1v) is 6.05. The molecule has 3 N–H and O–H groups in total. The number of benzene rings is 1. The fourth-order valence-electron chi connectivity index (χ4n) is 2.85. The van der Waals surface area contributed by atoms with E-state index in [1.165, 1.54) is 0 Å². The quantitative estimate of drug-likeness (QED) is 0.830. The Balaban J connectivity index is 2.05. The van der Waals surface area contributed by atoms with E-state index < -0.39 is 0 Å². The summed E-state index contributed by atoms with van der Waals surface area (Å²) in [7, 11) is 1.63. The molecule has 1 aromatic carbocycles. The Bertz CT molecular complexity index is 468. The maximum atomic E-state index is 9.58. The lowest BCUT2D eigenvalue weighted by Gasteiger charge is -2.45. The topological polar surface area (TPSA) is 73.9 Å². The number of fused-ring (bicyclic) bond motifs is 1. The van der Waals surface area contributed by atoms with Crippen LogP contribution in [0.5, 0.6) is 17.2 Å². The van der Waals surface area contributed by atoms with Gasteiger partial charge in [-0.05, 0) is 18.9 Å². The van der Waals surface area contributed by atoms with E-state index in [1.807, 2.05) is 12.1 Å². The van der Waals surface area contributed by atoms with E-state index in [2.05, 4.69) is 0 Å². The van der Waals surface area contributed by atoms with Gasteiger partial charge in [-0.25, -0.2) is 0 Å². The van der Waals surface area contributed by atoms with Gasteiger partial charge in [-0.15, -0.1) is 0 Å². The number of rotatable bonds is 3. The fourth-order valence-corrected chi connectivity index (χ4v) is 2.85. The molecule has 0 bridgehead atoms. The minimum atomic E-state index is -0.274. The second-order valence-corrected chi connectivity index (χ2v) is 4.95. The van der Waals surface area contributed by atoms with E-state index in [0.717, 1.165) is 17.1 Å². The smallest absolute Gasteiger partial charge is 0.231 e. The van der Waals surface area contributed by atoms with Gasteiger partial charge in [-0.2, -0.15) is 0 Å². The molecule has 18 heavy (non-hydrogen) atoms. The van der Waals surface area contributed by atoms with Crippen molar-refractivity contribution in [3.05, 3.63) is 17.7 Å². The number of aliphatic hydroxyl groups is 1. The van der Waals surface area contributed by atoms with Crippen LogP contribution in [0.25, 0.3) is 0 Å². The Morgan fingerprint density at radius 3 is 2.61 bits per heavy atom. The van der Waals surface area contributed by atoms with E-state index in [4.69, 9.17) is 19.9 Å². The molecule has 0 spiro atoms. The summed E-state index contributed by atoms with van der Waals surface area (Å²) in [6.45, 7) is 0.722. The van der Waals surface area contributed by atoms with Gasteiger partial charge in [0, 0.05) is 23.6 Å². The Labute approximate surface area is 105 Å². The van der Waals surface area contributed by atoms with Crippen molar-refractivity contribution in [3.8, 4) is 17.2 Å². The molecule has 1 saturated carbocycles. The maximum absolute atomic E-state index is 9.58. The molecule has 1 fully saturated rings. The van der Waals surface area contributed by atoms with E-state index in [9.17, 15) is 5.11 Å². The molecule has 0 aromatic heterocycles. The number of aliphatic hydroxyl groups excluding tert-OH is 1. The minimum absolute atomic E-state index is 0.203. The fraction of sp³-hybridized carbons (Fsp3) is 0.538. The predicted molar refractivity (Wildman–Crippen MR) is 65.1 cm³/mol. The first-order chi connectivity index (χ1) is 8.68. The van der Waals surface area contributed by atoms with E-state index in [1.54, 1.807) is 7.11 Å². The molecule has 1 heterocycles. The van der Waals surface area contributed by atoms with Crippen molar-refractivity contribution in [1.82, 2.24) is 0 Å². The third-order valence-corrected chi connectivity index (χ3v) is 3.91. The number of nitrogens with two attached hydrogens (primary N) is 1. The lowest BCUT2D eigenvalue weighted by Crippen LogP contribution is -2.49. The van der Waals surface area contributed by atoms with E-state index in [-0.39, 0.29) is 18.3 Å². The molecule has 5 nitrogen and oxygen atoms in total. The van der Waals surface area contributed by atoms with Crippen LogP contribution in [0.3, 0.4) is 0 Å². The van der Waals surface area contributed by atoms with Crippen LogP contribution in [0.1, 0.15) is 18.4 Å². The van der Waals surface area contributed by atoms with Gasteiger partial charge < -0.3 is 25.1 Å². The molecule has 0 saturated heterocycles. The van der Waals surface area contributed by atoms with Gasteiger partial charge >= 0.3 is 0 Å². The zero-order valence-corrected chi connectivity index (χ0v) is 10.3. The first kappa shape index (κ1) is 11.6. The second-order valence-electron chi connectivity index (χ2n) is 4.95. The van der Waals surface area contributed by atoms with Gasteiger partial charge in [0.05, 0.1) is 13.2 Å². The highest BCUT2D eigenvalue weighted by Gasteiger charge is 2.46. The molecule has 98 valence electrons. The summed E-state index contributed by atoms with van der Waals surface area (Å²) in [6.07, 6.45) is 1.06. The maximum Gasteiger partial charge on any atom is 0.231 e. The molecule has 0 atom stereocenters. The van der Waals surface area contributed by atoms with E-state index >= 15 is 0 Å². The van der Waals surface area contributed by atoms with Crippen LogP contribution < -0.4 is 19.9 Å².